The van der Waals surface area contributed by atoms with Gasteiger partial charge in [-0.25, -0.2) is 4.98 Å². The van der Waals surface area contributed by atoms with Crippen molar-refractivity contribution in [1.82, 2.24) is 20.2 Å². The van der Waals surface area contributed by atoms with E-state index < -0.39 is 0 Å². The van der Waals surface area contributed by atoms with Crippen LogP contribution in [0.15, 0.2) is 42.9 Å². The van der Waals surface area contributed by atoms with E-state index in [0.29, 0.717) is 18.1 Å². The first-order valence-corrected chi connectivity index (χ1v) is 8.75. The van der Waals surface area contributed by atoms with E-state index in [-0.39, 0.29) is 11.9 Å². The summed E-state index contributed by atoms with van der Waals surface area (Å²) in [5, 5.41) is 3.10. The van der Waals surface area contributed by atoms with Crippen molar-refractivity contribution in [3.05, 3.63) is 54.0 Å². The molecule has 1 aliphatic heterocycles. The molecule has 25 heavy (non-hydrogen) atoms. The molecule has 3 heterocycles. The summed E-state index contributed by atoms with van der Waals surface area (Å²) in [4.78, 5) is 22.8. The molecule has 0 bridgehead atoms. The summed E-state index contributed by atoms with van der Waals surface area (Å²) < 4.78 is 5.51. The fraction of sp³-hybridized carbons (Fsp3) is 0.421. The molecule has 0 radical (unpaired) electrons. The molecular weight excluding hydrogens is 316 g/mol. The van der Waals surface area contributed by atoms with Crippen LogP contribution in [0.5, 0.6) is 5.88 Å². The van der Waals surface area contributed by atoms with Crippen molar-refractivity contribution in [2.75, 3.05) is 19.7 Å². The highest BCUT2D eigenvalue weighted by Crippen LogP contribution is 2.15. The minimum absolute atomic E-state index is 0.0339. The van der Waals surface area contributed by atoms with Gasteiger partial charge < -0.3 is 10.1 Å². The zero-order valence-corrected chi connectivity index (χ0v) is 14.5. The predicted octanol–water partition coefficient (Wildman–Crippen LogP) is 2.27. The van der Waals surface area contributed by atoms with Crippen LogP contribution in [-0.2, 0) is 6.54 Å². The molecule has 0 unspecified atom stereocenters. The molecule has 0 aromatic carbocycles. The summed E-state index contributed by atoms with van der Waals surface area (Å²) in [5.41, 5.74) is 1.81. The third-order valence-corrected chi connectivity index (χ3v) is 4.21. The standard InChI is InChI=1S/C19H24N4O2/c1-2-11-25-18-4-3-15(12-21-18)13-23-10-7-17(14-23)22-19(24)16-5-8-20-9-6-16/h3-6,8-9,12,17H,2,7,10-11,13-14H2,1H3,(H,22,24)/t17-/m1/s1. The Morgan fingerprint density at radius 1 is 1.32 bits per heavy atom. The fourth-order valence-corrected chi connectivity index (χ4v) is 2.92. The lowest BCUT2D eigenvalue weighted by Gasteiger charge is -2.17. The van der Waals surface area contributed by atoms with Crippen molar-refractivity contribution in [3.63, 3.8) is 0 Å². The summed E-state index contributed by atoms with van der Waals surface area (Å²) in [6.45, 7) is 5.42. The summed E-state index contributed by atoms with van der Waals surface area (Å²) in [6, 6.07) is 7.62. The van der Waals surface area contributed by atoms with Gasteiger partial charge in [-0.1, -0.05) is 13.0 Å². The van der Waals surface area contributed by atoms with Gasteiger partial charge in [-0.2, -0.15) is 0 Å². The topological polar surface area (TPSA) is 67.3 Å². The number of hydrogen-bond donors (Lipinski definition) is 1. The van der Waals surface area contributed by atoms with Crippen LogP contribution in [0.1, 0.15) is 35.7 Å². The first-order valence-electron chi connectivity index (χ1n) is 8.75. The molecule has 1 amide bonds. The van der Waals surface area contributed by atoms with Crippen LogP contribution in [0, 0.1) is 0 Å². The van der Waals surface area contributed by atoms with E-state index >= 15 is 0 Å². The van der Waals surface area contributed by atoms with Crippen molar-refractivity contribution < 1.29 is 9.53 Å². The molecule has 1 aliphatic rings. The number of hydrogen-bond acceptors (Lipinski definition) is 5. The van der Waals surface area contributed by atoms with Gasteiger partial charge in [0.25, 0.3) is 5.91 Å². The maximum absolute atomic E-state index is 12.2. The normalized spacial score (nSPS) is 17.4. The van der Waals surface area contributed by atoms with Crippen molar-refractivity contribution >= 4 is 5.91 Å². The molecule has 0 saturated carbocycles. The summed E-state index contributed by atoms with van der Waals surface area (Å²) >= 11 is 0. The van der Waals surface area contributed by atoms with Crippen molar-refractivity contribution in [3.8, 4) is 5.88 Å². The van der Waals surface area contributed by atoms with E-state index in [1.54, 1.807) is 24.5 Å². The summed E-state index contributed by atoms with van der Waals surface area (Å²) in [5.74, 6) is 0.642. The second kappa shape index (κ2) is 8.58. The number of ether oxygens (including phenoxy) is 1. The number of rotatable bonds is 7. The number of nitrogens with zero attached hydrogens (tertiary/aromatic N) is 3. The van der Waals surface area contributed by atoms with E-state index in [4.69, 9.17) is 4.74 Å². The second-order valence-corrected chi connectivity index (χ2v) is 6.28. The Morgan fingerprint density at radius 3 is 2.88 bits per heavy atom. The van der Waals surface area contributed by atoms with Crippen molar-refractivity contribution in [1.29, 1.82) is 0 Å². The van der Waals surface area contributed by atoms with E-state index in [0.717, 1.165) is 38.0 Å². The molecular formula is C19H24N4O2. The zero-order chi connectivity index (χ0) is 17.5. The number of nitrogens with one attached hydrogen (secondary N) is 1. The minimum atomic E-state index is -0.0339. The predicted molar refractivity (Wildman–Crippen MR) is 95.4 cm³/mol. The molecule has 132 valence electrons. The Balaban J connectivity index is 1.47. The number of aromatic nitrogens is 2. The monoisotopic (exact) mass is 340 g/mol. The Bertz CT molecular complexity index is 676. The van der Waals surface area contributed by atoms with Crippen LogP contribution in [0.3, 0.4) is 0 Å². The van der Waals surface area contributed by atoms with Gasteiger partial charge in [0.1, 0.15) is 0 Å². The van der Waals surface area contributed by atoms with Crippen molar-refractivity contribution in [2.45, 2.75) is 32.4 Å². The lowest BCUT2D eigenvalue weighted by atomic mass is 10.2. The lowest BCUT2D eigenvalue weighted by Crippen LogP contribution is -2.37. The Hall–Kier alpha value is -2.47. The van der Waals surface area contributed by atoms with Gasteiger partial charge in [0, 0.05) is 55.9 Å². The number of carbonyl (C=O) groups excluding carboxylic acids is 1. The average Bonchev–Trinajstić information content (AvgIpc) is 3.08. The van der Waals surface area contributed by atoms with Gasteiger partial charge in [0.05, 0.1) is 6.61 Å². The molecule has 1 N–H and O–H groups in total. The Morgan fingerprint density at radius 2 is 2.16 bits per heavy atom. The Kier molecular flexibility index (Phi) is 5.95. The number of likely N-dealkylation sites (tertiary alicyclic amines) is 1. The minimum Gasteiger partial charge on any atom is -0.478 e. The SMILES string of the molecule is CCCOc1ccc(CN2CC[C@@H](NC(=O)c3ccncc3)C2)cn1. The molecule has 2 aromatic heterocycles. The third-order valence-electron chi connectivity index (χ3n) is 4.21. The first kappa shape index (κ1) is 17.4. The highest BCUT2D eigenvalue weighted by molar-refractivity contribution is 5.94. The number of carbonyl (C=O) groups is 1. The molecule has 0 aliphatic carbocycles. The number of amides is 1. The van der Waals surface area contributed by atoms with E-state index in [2.05, 4.69) is 33.2 Å². The van der Waals surface area contributed by atoms with Gasteiger partial charge in [-0.3, -0.25) is 14.7 Å². The molecule has 2 aromatic rings. The smallest absolute Gasteiger partial charge is 0.251 e. The number of pyridine rings is 2. The molecule has 3 rings (SSSR count). The molecule has 6 nitrogen and oxygen atoms in total. The largest absolute Gasteiger partial charge is 0.478 e. The van der Waals surface area contributed by atoms with Gasteiger partial charge in [0.15, 0.2) is 0 Å². The molecule has 1 fully saturated rings. The van der Waals surface area contributed by atoms with Crippen LogP contribution >= 0.6 is 0 Å². The van der Waals surface area contributed by atoms with E-state index in [9.17, 15) is 4.79 Å². The Labute approximate surface area is 148 Å². The van der Waals surface area contributed by atoms with Crippen LogP contribution < -0.4 is 10.1 Å². The van der Waals surface area contributed by atoms with E-state index in [1.807, 2.05) is 12.3 Å². The van der Waals surface area contributed by atoms with Crippen molar-refractivity contribution in [2.24, 2.45) is 0 Å². The van der Waals surface area contributed by atoms with Gasteiger partial charge >= 0.3 is 0 Å². The third kappa shape index (κ3) is 5.00. The lowest BCUT2D eigenvalue weighted by molar-refractivity contribution is 0.0937. The highest BCUT2D eigenvalue weighted by atomic mass is 16.5. The van der Waals surface area contributed by atoms with Crippen LogP contribution in [0.25, 0.3) is 0 Å². The second-order valence-electron chi connectivity index (χ2n) is 6.28. The molecule has 6 heteroatoms. The van der Waals surface area contributed by atoms with Gasteiger partial charge in [0.2, 0.25) is 5.88 Å². The molecule has 0 spiro atoms. The summed E-state index contributed by atoms with van der Waals surface area (Å²) in [7, 11) is 0. The fourth-order valence-electron chi connectivity index (χ4n) is 2.92. The quantitative estimate of drug-likeness (QED) is 0.837. The van der Waals surface area contributed by atoms with Crippen LogP contribution in [0.2, 0.25) is 0 Å². The maximum atomic E-state index is 12.2. The van der Waals surface area contributed by atoms with Crippen LogP contribution in [0.4, 0.5) is 0 Å². The summed E-state index contributed by atoms with van der Waals surface area (Å²) in [6.07, 6.45) is 7.08. The van der Waals surface area contributed by atoms with E-state index in [1.165, 1.54) is 0 Å². The highest BCUT2D eigenvalue weighted by Gasteiger charge is 2.24. The zero-order valence-electron chi connectivity index (χ0n) is 14.5. The molecule has 1 saturated heterocycles. The van der Waals surface area contributed by atoms with Gasteiger partial charge in [-0.15, -0.1) is 0 Å². The van der Waals surface area contributed by atoms with Gasteiger partial charge in [-0.05, 0) is 30.5 Å². The average molecular weight is 340 g/mol. The van der Waals surface area contributed by atoms with Crippen LogP contribution in [-0.4, -0.2) is 46.5 Å². The maximum Gasteiger partial charge on any atom is 0.251 e. The molecule has 1 atom stereocenters. The first-order chi connectivity index (χ1) is 12.2.